The van der Waals surface area contributed by atoms with E-state index in [0.717, 1.165) is 0 Å². The van der Waals surface area contributed by atoms with Crippen LogP contribution >= 0.6 is 0 Å². The Morgan fingerprint density at radius 1 is 1.29 bits per heavy atom. The summed E-state index contributed by atoms with van der Waals surface area (Å²) in [4.78, 5) is 24.1. The molecule has 0 atom stereocenters. The third kappa shape index (κ3) is 3.35. The highest BCUT2D eigenvalue weighted by molar-refractivity contribution is 5.90. The first-order valence-electron chi connectivity index (χ1n) is 6.46. The predicted molar refractivity (Wildman–Crippen MR) is 78.4 cm³/mol. The van der Waals surface area contributed by atoms with Gasteiger partial charge in [0.1, 0.15) is 12.4 Å². The molecule has 0 fully saturated rings. The first kappa shape index (κ1) is 14.9. The number of aryl methyl sites for hydroxylation is 1. The fourth-order valence-corrected chi connectivity index (χ4v) is 1.96. The van der Waals surface area contributed by atoms with Gasteiger partial charge in [-0.1, -0.05) is 18.2 Å². The van der Waals surface area contributed by atoms with E-state index in [1.165, 1.54) is 22.8 Å². The average molecular weight is 289 g/mol. The Hall–Kier alpha value is -2.47. The molecule has 3 N–H and O–H groups in total. The smallest absolute Gasteiger partial charge is 0.255 e. The third-order valence-electron chi connectivity index (χ3n) is 3.14. The first-order chi connectivity index (χ1) is 10.0. The summed E-state index contributed by atoms with van der Waals surface area (Å²) in [5, 5.41) is 2.45. The Balaban J connectivity index is 2.21. The minimum absolute atomic E-state index is 0.0863. The van der Waals surface area contributed by atoms with E-state index in [2.05, 4.69) is 5.32 Å². The van der Waals surface area contributed by atoms with Crippen LogP contribution in [0.15, 0.2) is 41.2 Å². The molecule has 6 heteroatoms. The van der Waals surface area contributed by atoms with Gasteiger partial charge in [0.2, 0.25) is 5.91 Å². The highest BCUT2D eigenvalue weighted by Crippen LogP contribution is 2.12. The number of hydrogen-bond acceptors (Lipinski definition) is 3. The standard InChI is InChI=1S/C15H16FN3O2/c1-10-6-7-11(8-17)15(21)19(10)9-14(20)18-13-5-3-2-4-12(13)16/h2-7H,8-9,17H2,1H3,(H,18,20). The number of carbonyl (C=O) groups excluding carboxylic acids is 1. The lowest BCUT2D eigenvalue weighted by molar-refractivity contribution is -0.116. The number of carbonyl (C=O) groups is 1. The van der Waals surface area contributed by atoms with Crippen LogP contribution in [-0.2, 0) is 17.9 Å². The van der Waals surface area contributed by atoms with Crippen molar-refractivity contribution in [3.63, 3.8) is 0 Å². The molecule has 0 aliphatic heterocycles. The summed E-state index contributed by atoms with van der Waals surface area (Å²) in [7, 11) is 0. The maximum Gasteiger partial charge on any atom is 0.255 e. The van der Waals surface area contributed by atoms with Crippen molar-refractivity contribution in [2.45, 2.75) is 20.0 Å². The van der Waals surface area contributed by atoms with E-state index >= 15 is 0 Å². The van der Waals surface area contributed by atoms with E-state index in [9.17, 15) is 14.0 Å². The van der Waals surface area contributed by atoms with Crippen LogP contribution in [0.1, 0.15) is 11.3 Å². The SMILES string of the molecule is Cc1ccc(CN)c(=O)n1CC(=O)Nc1ccccc1F. The second-order valence-electron chi connectivity index (χ2n) is 4.62. The van der Waals surface area contributed by atoms with E-state index in [0.29, 0.717) is 11.3 Å². The van der Waals surface area contributed by atoms with Gasteiger partial charge in [0.15, 0.2) is 0 Å². The molecule has 0 radical (unpaired) electrons. The number of benzene rings is 1. The minimum atomic E-state index is -0.523. The summed E-state index contributed by atoms with van der Waals surface area (Å²) in [6.07, 6.45) is 0. The molecule has 1 amide bonds. The van der Waals surface area contributed by atoms with Crippen LogP contribution < -0.4 is 16.6 Å². The highest BCUT2D eigenvalue weighted by atomic mass is 19.1. The van der Waals surface area contributed by atoms with Crippen LogP contribution in [0.3, 0.4) is 0 Å². The number of nitrogens with zero attached hydrogens (tertiary/aromatic N) is 1. The molecule has 110 valence electrons. The van der Waals surface area contributed by atoms with Gasteiger partial charge in [-0.2, -0.15) is 0 Å². The van der Waals surface area contributed by atoms with Crippen LogP contribution in [0.4, 0.5) is 10.1 Å². The molecular weight excluding hydrogens is 273 g/mol. The molecule has 0 aliphatic carbocycles. The van der Waals surface area contributed by atoms with Gasteiger partial charge < -0.3 is 15.6 Å². The number of hydrogen-bond donors (Lipinski definition) is 2. The van der Waals surface area contributed by atoms with Crippen molar-refractivity contribution in [1.82, 2.24) is 4.57 Å². The van der Waals surface area contributed by atoms with Crippen LogP contribution in [-0.4, -0.2) is 10.5 Å². The number of rotatable bonds is 4. The number of nitrogens with two attached hydrogens (primary N) is 1. The number of nitrogens with one attached hydrogen (secondary N) is 1. The number of anilines is 1. The van der Waals surface area contributed by atoms with E-state index < -0.39 is 11.7 Å². The number of aromatic nitrogens is 1. The summed E-state index contributed by atoms with van der Waals surface area (Å²) in [5.74, 6) is -0.995. The van der Waals surface area contributed by atoms with E-state index in [4.69, 9.17) is 5.73 Å². The maximum atomic E-state index is 13.5. The van der Waals surface area contributed by atoms with E-state index in [1.54, 1.807) is 25.1 Å². The van der Waals surface area contributed by atoms with Gasteiger partial charge in [0.25, 0.3) is 5.56 Å². The summed E-state index contributed by atoms with van der Waals surface area (Å²) >= 11 is 0. The van der Waals surface area contributed by atoms with Crippen molar-refractivity contribution in [3.8, 4) is 0 Å². The zero-order chi connectivity index (χ0) is 15.4. The molecule has 0 unspecified atom stereocenters. The second kappa shape index (κ2) is 6.32. The lowest BCUT2D eigenvalue weighted by atomic mass is 10.2. The molecule has 0 bridgehead atoms. The Kier molecular flexibility index (Phi) is 4.49. The Labute approximate surface area is 121 Å². The first-order valence-corrected chi connectivity index (χ1v) is 6.46. The fourth-order valence-electron chi connectivity index (χ4n) is 1.96. The van der Waals surface area contributed by atoms with Crippen LogP contribution in [0.25, 0.3) is 0 Å². The van der Waals surface area contributed by atoms with Crippen LogP contribution in [0, 0.1) is 12.7 Å². The minimum Gasteiger partial charge on any atom is -0.326 e. The molecule has 1 heterocycles. The Bertz CT molecular complexity index is 725. The van der Waals surface area contributed by atoms with Gasteiger partial charge in [-0.25, -0.2) is 4.39 Å². The topological polar surface area (TPSA) is 77.1 Å². The quantitative estimate of drug-likeness (QED) is 0.893. The van der Waals surface area contributed by atoms with Crippen molar-refractivity contribution < 1.29 is 9.18 Å². The number of para-hydroxylation sites is 1. The summed E-state index contributed by atoms with van der Waals surface area (Å²) < 4.78 is 14.8. The van der Waals surface area contributed by atoms with E-state index in [-0.39, 0.29) is 24.3 Å². The van der Waals surface area contributed by atoms with Gasteiger partial charge in [-0.05, 0) is 25.1 Å². The lowest BCUT2D eigenvalue weighted by Gasteiger charge is -2.12. The lowest BCUT2D eigenvalue weighted by Crippen LogP contribution is -2.31. The average Bonchev–Trinajstić information content (AvgIpc) is 2.46. The molecular formula is C15H16FN3O2. The molecule has 2 rings (SSSR count). The van der Waals surface area contributed by atoms with Crippen LogP contribution in [0.5, 0.6) is 0 Å². The van der Waals surface area contributed by atoms with Gasteiger partial charge >= 0.3 is 0 Å². The monoisotopic (exact) mass is 289 g/mol. The summed E-state index contributed by atoms with van der Waals surface area (Å²) in [6.45, 7) is 1.64. The van der Waals surface area contributed by atoms with Gasteiger partial charge in [-0.3, -0.25) is 9.59 Å². The maximum absolute atomic E-state index is 13.5. The largest absolute Gasteiger partial charge is 0.326 e. The molecule has 0 spiro atoms. The normalized spacial score (nSPS) is 10.4. The van der Waals surface area contributed by atoms with Gasteiger partial charge in [-0.15, -0.1) is 0 Å². The molecule has 0 saturated heterocycles. The molecule has 0 saturated carbocycles. The van der Waals surface area contributed by atoms with Crippen molar-refractivity contribution in [2.75, 3.05) is 5.32 Å². The summed E-state index contributed by atoms with van der Waals surface area (Å²) in [6, 6.07) is 9.22. The predicted octanol–water partition coefficient (Wildman–Crippen LogP) is 1.39. The van der Waals surface area contributed by atoms with Gasteiger partial charge in [0, 0.05) is 17.8 Å². The highest BCUT2D eigenvalue weighted by Gasteiger charge is 2.11. The fraction of sp³-hybridized carbons (Fsp3) is 0.200. The van der Waals surface area contributed by atoms with Crippen LogP contribution in [0.2, 0.25) is 0 Å². The molecule has 21 heavy (non-hydrogen) atoms. The number of halogens is 1. The van der Waals surface area contributed by atoms with E-state index in [1.807, 2.05) is 0 Å². The zero-order valence-electron chi connectivity index (χ0n) is 11.6. The summed E-state index contributed by atoms with van der Waals surface area (Å²) in [5.41, 5.74) is 6.33. The third-order valence-corrected chi connectivity index (χ3v) is 3.14. The van der Waals surface area contributed by atoms with Crippen molar-refractivity contribution in [3.05, 3.63) is 63.8 Å². The molecule has 0 aliphatic rings. The molecule has 2 aromatic rings. The Morgan fingerprint density at radius 2 is 2.00 bits per heavy atom. The van der Waals surface area contributed by atoms with Crippen molar-refractivity contribution >= 4 is 11.6 Å². The molecule has 5 nitrogen and oxygen atoms in total. The number of pyridine rings is 1. The second-order valence-corrected chi connectivity index (χ2v) is 4.62. The van der Waals surface area contributed by atoms with Gasteiger partial charge in [0.05, 0.1) is 5.69 Å². The Morgan fingerprint density at radius 3 is 2.67 bits per heavy atom. The van der Waals surface area contributed by atoms with Crippen molar-refractivity contribution in [2.24, 2.45) is 5.73 Å². The molecule has 1 aromatic carbocycles. The number of amides is 1. The van der Waals surface area contributed by atoms with Crippen molar-refractivity contribution in [1.29, 1.82) is 0 Å². The zero-order valence-corrected chi connectivity index (χ0v) is 11.6. The molecule has 1 aromatic heterocycles.